The Morgan fingerprint density at radius 3 is 2.77 bits per heavy atom. The number of amides is 1. The Bertz CT molecular complexity index is 822. The molecule has 1 unspecified atom stereocenters. The number of nitrogens with one attached hydrogen (secondary N) is 2. The summed E-state index contributed by atoms with van der Waals surface area (Å²) in [5.74, 6) is 0.137. The van der Waals surface area contributed by atoms with Gasteiger partial charge in [-0.3, -0.25) is 10.1 Å². The van der Waals surface area contributed by atoms with Crippen LogP contribution in [0.4, 0.5) is 5.69 Å². The van der Waals surface area contributed by atoms with Crippen LogP contribution in [0.15, 0.2) is 39.3 Å². The fraction of sp³-hybridized carbons (Fsp3) is 0.188. The van der Waals surface area contributed by atoms with Gasteiger partial charge in [-0.05, 0) is 57.7 Å². The number of anilines is 1. The average Bonchev–Trinajstić information content (AvgIpc) is 2.74. The minimum Gasteiger partial charge on any atom is -0.508 e. The van der Waals surface area contributed by atoms with Crippen LogP contribution in [0.5, 0.6) is 5.75 Å². The summed E-state index contributed by atoms with van der Waals surface area (Å²) in [6, 6.07) is 9.09. The molecule has 6 heteroatoms. The van der Waals surface area contributed by atoms with Crippen molar-refractivity contribution in [2.24, 2.45) is 0 Å². The number of fused-ring (bicyclic) bond motifs is 4. The molecular weight excluding hydrogens is 412 g/mol. The van der Waals surface area contributed by atoms with Crippen LogP contribution in [0, 0.1) is 0 Å². The highest BCUT2D eigenvalue weighted by atomic mass is 79.9. The summed E-state index contributed by atoms with van der Waals surface area (Å²) in [6.07, 6.45) is 0.781. The zero-order chi connectivity index (χ0) is 15.5. The molecule has 0 radical (unpaired) electrons. The minimum absolute atomic E-state index is 0.0899. The first-order valence-corrected chi connectivity index (χ1v) is 8.49. The summed E-state index contributed by atoms with van der Waals surface area (Å²) in [6.45, 7) is 0.674. The topological polar surface area (TPSA) is 61.4 Å². The first kappa shape index (κ1) is 14.2. The number of hydrogen-bond donors (Lipinski definition) is 3. The van der Waals surface area contributed by atoms with Gasteiger partial charge in [-0.15, -0.1) is 0 Å². The van der Waals surface area contributed by atoms with Gasteiger partial charge in [0.05, 0.1) is 5.69 Å². The maximum atomic E-state index is 12.8. The summed E-state index contributed by atoms with van der Waals surface area (Å²) in [4.78, 5) is 12.8. The highest BCUT2D eigenvalue weighted by molar-refractivity contribution is 9.11. The molecule has 0 saturated carbocycles. The lowest BCUT2D eigenvalue weighted by Gasteiger charge is -2.35. The number of hydrogen-bond acceptors (Lipinski definition) is 3. The lowest BCUT2D eigenvalue weighted by atomic mass is 9.78. The molecule has 4 rings (SSSR count). The zero-order valence-electron chi connectivity index (χ0n) is 11.4. The normalized spacial score (nSPS) is 22.4. The number of rotatable bonds is 0. The second-order valence-electron chi connectivity index (χ2n) is 5.53. The van der Waals surface area contributed by atoms with E-state index >= 15 is 0 Å². The molecule has 0 aromatic heterocycles. The molecule has 112 valence electrons. The number of phenols is 1. The van der Waals surface area contributed by atoms with Crippen molar-refractivity contribution in [3.8, 4) is 5.75 Å². The molecule has 2 heterocycles. The highest BCUT2D eigenvalue weighted by Gasteiger charge is 2.51. The van der Waals surface area contributed by atoms with Crippen molar-refractivity contribution < 1.29 is 9.90 Å². The largest absolute Gasteiger partial charge is 0.508 e. The van der Waals surface area contributed by atoms with Gasteiger partial charge in [0, 0.05) is 21.1 Å². The van der Waals surface area contributed by atoms with E-state index < -0.39 is 5.54 Å². The molecule has 22 heavy (non-hydrogen) atoms. The smallest absolute Gasteiger partial charge is 0.254 e. The average molecular weight is 424 g/mol. The van der Waals surface area contributed by atoms with E-state index in [9.17, 15) is 9.90 Å². The maximum Gasteiger partial charge on any atom is 0.254 e. The van der Waals surface area contributed by atoms with E-state index in [1.807, 2.05) is 18.2 Å². The fourth-order valence-electron chi connectivity index (χ4n) is 3.40. The van der Waals surface area contributed by atoms with E-state index in [2.05, 4.69) is 42.5 Å². The molecule has 0 bridgehead atoms. The van der Waals surface area contributed by atoms with Crippen LogP contribution in [0.3, 0.4) is 0 Å². The van der Waals surface area contributed by atoms with Crippen molar-refractivity contribution in [1.29, 1.82) is 0 Å². The van der Waals surface area contributed by atoms with Gasteiger partial charge in [0.2, 0.25) is 0 Å². The molecule has 1 spiro atoms. The van der Waals surface area contributed by atoms with Gasteiger partial charge in [0.15, 0.2) is 5.54 Å². The lowest BCUT2D eigenvalue weighted by molar-refractivity contribution is -0.120. The van der Waals surface area contributed by atoms with Crippen LogP contribution >= 0.6 is 31.9 Å². The predicted octanol–water partition coefficient (Wildman–Crippen LogP) is 3.26. The first-order valence-electron chi connectivity index (χ1n) is 6.91. The van der Waals surface area contributed by atoms with Crippen LogP contribution in [-0.2, 0) is 16.8 Å². The van der Waals surface area contributed by atoms with Crippen LogP contribution < -0.4 is 10.6 Å². The first-order chi connectivity index (χ1) is 10.5. The predicted molar refractivity (Wildman–Crippen MR) is 91.1 cm³/mol. The van der Waals surface area contributed by atoms with Gasteiger partial charge in [0.1, 0.15) is 5.75 Å². The quantitative estimate of drug-likeness (QED) is 0.609. The number of carbonyl (C=O) groups is 1. The molecule has 2 aromatic rings. The highest BCUT2D eigenvalue weighted by Crippen LogP contribution is 2.48. The van der Waals surface area contributed by atoms with Gasteiger partial charge in [-0.25, -0.2) is 0 Å². The number of phenolic OH excluding ortho intramolecular Hbond substituents is 1. The Hall–Kier alpha value is -1.37. The Kier molecular flexibility index (Phi) is 3.11. The van der Waals surface area contributed by atoms with Crippen molar-refractivity contribution in [2.45, 2.75) is 12.0 Å². The van der Waals surface area contributed by atoms with E-state index in [4.69, 9.17) is 0 Å². The summed E-state index contributed by atoms with van der Waals surface area (Å²) >= 11 is 7.02. The zero-order valence-corrected chi connectivity index (χ0v) is 14.6. The van der Waals surface area contributed by atoms with Gasteiger partial charge >= 0.3 is 0 Å². The van der Waals surface area contributed by atoms with Crippen LogP contribution in [-0.4, -0.2) is 17.6 Å². The van der Waals surface area contributed by atoms with Gasteiger partial charge in [-0.2, -0.15) is 0 Å². The van der Waals surface area contributed by atoms with Crippen molar-refractivity contribution in [2.75, 3.05) is 11.9 Å². The second kappa shape index (κ2) is 4.81. The number of halogens is 2. The Balaban J connectivity index is 2.04. The summed E-state index contributed by atoms with van der Waals surface area (Å²) in [5.41, 5.74) is 2.69. The molecule has 4 nitrogen and oxygen atoms in total. The van der Waals surface area contributed by atoms with Crippen LogP contribution in [0.1, 0.15) is 16.7 Å². The third-order valence-corrected chi connectivity index (χ3v) is 5.40. The standard InChI is InChI=1S/C16H12Br2N2O2/c17-9-6-12-14(13(18)7-9)20-15(22)16(12)11-2-1-10(21)5-8(11)3-4-19-16/h1-2,5-7,19,21H,3-4H2,(H,20,22). The minimum atomic E-state index is -0.900. The van der Waals surface area contributed by atoms with Crippen molar-refractivity contribution >= 4 is 43.5 Å². The fourth-order valence-corrected chi connectivity index (χ4v) is 4.73. The molecule has 2 aliphatic rings. The van der Waals surface area contributed by atoms with Gasteiger partial charge in [-0.1, -0.05) is 22.0 Å². The van der Waals surface area contributed by atoms with E-state index in [1.165, 1.54) is 0 Å². The van der Waals surface area contributed by atoms with E-state index in [-0.39, 0.29) is 11.7 Å². The molecule has 1 atom stereocenters. The number of aromatic hydroxyl groups is 1. The third-order valence-electron chi connectivity index (χ3n) is 4.32. The third kappa shape index (κ3) is 1.81. The summed E-state index contributed by atoms with van der Waals surface area (Å²) < 4.78 is 1.75. The van der Waals surface area contributed by atoms with Crippen molar-refractivity contribution in [1.82, 2.24) is 5.32 Å². The van der Waals surface area contributed by atoms with Crippen LogP contribution in [0.25, 0.3) is 0 Å². The molecule has 0 saturated heterocycles. The van der Waals surface area contributed by atoms with E-state index in [0.29, 0.717) is 6.54 Å². The van der Waals surface area contributed by atoms with E-state index in [0.717, 1.165) is 37.7 Å². The Morgan fingerprint density at radius 2 is 1.95 bits per heavy atom. The molecule has 0 aliphatic carbocycles. The number of carbonyl (C=O) groups excluding carboxylic acids is 1. The number of benzene rings is 2. The van der Waals surface area contributed by atoms with E-state index in [1.54, 1.807) is 12.1 Å². The lowest BCUT2D eigenvalue weighted by Crippen LogP contribution is -2.52. The van der Waals surface area contributed by atoms with Gasteiger partial charge in [0.25, 0.3) is 5.91 Å². The Morgan fingerprint density at radius 1 is 1.14 bits per heavy atom. The monoisotopic (exact) mass is 422 g/mol. The van der Waals surface area contributed by atoms with Gasteiger partial charge < -0.3 is 10.4 Å². The molecule has 2 aliphatic heterocycles. The molecule has 3 N–H and O–H groups in total. The molecule has 2 aromatic carbocycles. The molecular formula is C16H12Br2N2O2. The molecule has 0 fully saturated rings. The summed E-state index contributed by atoms with van der Waals surface area (Å²) in [7, 11) is 0. The maximum absolute atomic E-state index is 12.8. The van der Waals surface area contributed by atoms with Crippen LogP contribution in [0.2, 0.25) is 0 Å². The second-order valence-corrected chi connectivity index (χ2v) is 7.30. The SMILES string of the molecule is O=C1Nc2c(Br)cc(Br)cc2C12NCCc1cc(O)ccc12. The van der Waals surface area contributed by atoms with Crippen molar-refractivity contribution in [3.05, 3.63) is 56.0 Å². The van der Waals surface area contributed by atoms with Crippen molar-refractivity contribution in [3.63, 3.8) is 0 Å². The summed E-state index contributed by atoms with van der Waals surface area (Å²) in [5, 5.41) is 16.1. The Labute approximate surface area is 144 Å². The molecule has 1 amide bonds.